The molecule has 1 fully saturated rings. The number of esters is 2. The van der Waals surface area contributed by atoms with Gasteiger partial charge < -0.3 is 9.47 Å². The van der Waals surface area contributed by atoms with Gasteiger partial charge in [0, 0.05) is 47.7 Å². The van der Waals surface area contributed by atoms with Crippen molar-refractivity contribution in [1.29, 1.82) is 0 Å². The normalized spacial score (nSPS) is 37.5. The fraction of sp³-hybridized carbons (Fsp3) is 0.750. The third-order valence-corrected chi connectivity index (χ3v) is 8.65. The van der Waals surface area contributed by atoms with Crippen LogP contribution < -0.4 is 0 Å². The second-order valence-corrected chi connectivity index (χ2v) is 11.3. The number of fused-ring (bicyclic) bond motifs is 2. The molecule has 7 heteroatoms. The van der Waals surface area contributed by atoms with Crippen LogP contribution in [0.1, 0.15) is 60.8 Å². The molecule has 0 aliphatic heterocycles. The minimum atomic E-state index is -0.551. The zero-order valence-corrected chi connectivity index (χ0v) is 20.8. The minimum absolute atomic E-state index is 0.00730. The monoisotopic (exact) mass is 496 g/mol. The van der Waals surface area contributed by atoms with Gasteiger partial charge in [0.15, 0.2) is 11.6 Å². The maximum atomic E-state index is 13.8. The number of carbonyl (C=O) groups is 4. The average molecular weight is 497 g/mol. The van der Waals surface area contributed by atoms with Crippen LogP contribution in [0.25, 0.3) is 0 Å². The molecule has 0 aromatic rings. The lowest BCUT2D eigenvalue weighted by molar-refractivity contribution is -0.152. The van der Waals surface area contributed by atoms with Gasteiger partial charge in [-0.3, -0.25) is 19.2 Å². The van der Waals surface area contributed by atoms with E-state index in [9.17, 15) is 19.2 Å². The SMILES string of the molecule is CC(=O)OC[C@@H]1C2=C(C(=O)C(Br)C(C(C)C)C2=O)[C@@]2(C)CCCC(C)(COC(C)=O)[C@H]12. The van der Waals surface area contributed by atoms with Crippen LogP contribution in [0, 0.1) is 34.5 Å². The van der Waals surface area contributed by atoms with Crippen LogP contribution in [0.2, 0.25) is 0 Å². The van der Waals surface area contributed by atoms with E-state index in [0.717, 1.165) is 19.3 Å². The molecule has 3 unspecified atom stereocenters. The second kappa shape index (κ2) is 8.45. The standard InChI is InChI=1S/C24H33BrO6/c1-12(2)16-19(25)21(29)18-17(20(16)28)15(10-30-13(3)26)22-23(5,11-31-14(4)27)8-7-9-24(18,22)6/h12,15-16,19,22H,7-11H2,1-6H3/t15-,16?,19?,22+,23?,24-/m1/s1. The van der Waals surface area contributed by atoms with Crippen LogP contribution in [0.15, 0.2) is 11.1 Å². The van der Waals surface area contributed by atoms with E-state index in [2.05, 4.69) is 29.8 Å². The summed E-state index contributed by atoms with van der Waals surface area (Å²) in [5.74, 6) is -1.80. The van der Waals surface area contributed by atoms with E-state index in [0.29, 0.717) is 11.1 Å². The molecule has 31 heavy (non-hydrogen) atoms. The van der Waals surface area contributed by atoms with E-state index >= 15 is 0 Å². The summed E-state index contributed by atoms with van der Waals surface area (Å²) in [6.07, 6.45) is 2.45. The average Bonchev–Trinajstić information content (AvgIpc) is 2.93. The molecule has 0 aromatic carbocycles. The number of halogens is 1. The fourth-order valence-corrected chi connectivity index (χ4v) is 7.68. The lowest BCUT2D eigenvalue weighted by Gasteiger charge is -2.51. The summed E-state index contributed by atoms with van der Waals surface area (Å²) in [4.78, 5) is 50.1. The topological polar surface area (TPSA) is 86.7 Å². The third-order valence-electron chi connectivity index (χ3n) is 7.66. The van der Waals surface area contributed by atoms with E-state index in [-0.39, 0.29) is 48.5 Å². The van der Waals surface area contributed by atoms with Gasteiger partial charge in [-0.25, -0.2) is 0 Å². The molecule has 1 saturated carbocycles. The first-order valence-electron chi connectivity index (χ1n) is 11.1. The van der Waals surface area contributed by atoms with E-state index in [1.54, 1.807) is 0 Å². The minimum Gasteiger partial charge on any atom is -0.465 e. The number of hydrogen-bond donors (Lipinski definition) is 0. The van der Waals surface area contributed by atoms with Crippen molar-refractivity contribution in [3.63, 3.8) is 0 Å². The molecule has 3 aliphatic carbocycles. The van der Waals surface area contributed by atoms with E-state index < -0.39 is 27.5 Å². The van der Waals surface area contributed by atoms with Gasteiger partial charge in [0.25, 0.3) is 0 Å². The van der Waals surface area contributed by atoms with Crippen LogP contribution in [0.3, 0.4) is 0 Å². The Bertz CT molecular complexity index is 845. The molecule has 0 saturated heterocycles. The van der Waals surface area contributed by atoms with Crippen molar-refractivity contribution < 1.29 is 28.7 Å². The number of ketones is 2. The summed E-state index contributed by atoms with van der Waals surface area (Å²) in [6, 6.07) is 0. The molecule has 0 spiro atoms. The van der Waals surface area contributed by atoms with Crippen molar-refractivity contribution in [1.82, 2.24) is 0 Å². The molecule has 6 nitrogen and oxygen atoms in total. The quantitative estimate of drug-likeness (QED) is 0.421. The zero-order chi connectivity index (χ0) is 23.3. The Kier molecular flexibility index (Phi) is 6.58. The van der Waals surface area contributed by atoms with E-state index in [1.807, 2.05) is 13.8 Å². The van der Waals surface area contributed by atoms with Crippen LogP contribution in [-0.4, -0.2) is 41.5 Å². The largest absolute Gasteiger partial charge is 0.465 e. The maximum absolute atomic E-state index is 13.8. The molecular weight excluding hydrogens is 464 g/mol. The predicted octanol–water partition coefficient (Wildman–Crippen LogP) is 4.04. The fourth-order valence-electron chi connectivity index (χ4n) is 6.60. The predicted molar refractivity (Wildman–Crippen MR) is 118 cm³/mol. The molecule has 6 atom stereocenters. The Morgan fingerprint density at radius 3 is 2.23 bits per heavy atom. The number of rotatable bonds is 5. The van der Waals surface area contributed by atoms with Gasteiger partial charge in [-0.1, -0.05) is 50.0 Å². The summed E-state index contributed by atoms with van der Waals surface area (Å²) in [7, 11) is 0. The highest BCUT2D eigenvalue weighted by molar-refractivity contribution is 9.10. The zero-order valence-electron chi connectivity index (χ0n) is 19.2. The maximum Gasteiger partial charge on any atom is 0.302 e. The van der Waals surface area contributed by atoms with Crippen LogP contribution in [-0.2, 0) is 28.7 Å². The molecule has 3 rings (SSSR count). The molecule has 0 N–H and O–H groups in total. The molecule has 172 valence electrons. The van der Waals surface area contributed by atoms with Crippen molar-refractivity contribution >= 4 is 39.4 Å². The number of allylic oxidation sites excluding steroid dienone is 1. The van der Waals surface area contributed by atoms with Crippen LogP contribution in [0.5, 0.6) is 0 Å². The van der Waals surface area contributed by atoms with Crippen molar-refractivity contribution in [3.8, 4) is 0 Å². The summed E-state index contributed by atoms with van der Waals surface area (Å²) >= 11 is 3.54. The molecule has 0 amide bonds. The molecule has 0 radical (unpaired) electrons. The van der Waals surface area contributed by atoms with Crippen molar-refractivity contribution in [3.05, 3.63) is 11.1 Å². The first kappa shape index (κ1) is 24.1. The highest BCUT2D eigenvalue weighted by Gasteiger charge is 2.65. The number of hydrogen-bond acceptors (Lipinski definition) is 6. The van der Waals surface area contributed by atoms with Crippen molar-refractivity contribution in [2.24, 2.45) is 34.5 Å². The molecule has 3 aliphatic rings. The number of ether oxygens (including phenoxy) is 2. The third kappa shape index (κ3) is 3.91. The summed E-state index contributed by atoms with van der Waals surface area (Å²) < 4.78 is 10.9. The summed E-state index contributed by atoms with van der Waals surface area (Å²) in [5, 5.41) is 0. The lowest BCUT2D eigenvalue weighted by Crippen LogP contribution is -2.49. The van der Waals surface area contributed by atoms with Gasteiger partial charge in [-0.2, -0.15) is 0 Å². The number of alkyl halides is 1. The molecular formula is C24H33BrO6. The molecule has 0 aromatic heterocycles. The van der Waals surface area contributed by atoms with Gasteiger partial charge >= 0.3 is 11.9 Å². The summed E-state index contributed by atoms with van der Waals surface area (Å²) in [6.45, 7) is 11.0. The van der Waals surface area contributed by atoms with E-state index in [4.69, 9.17) is 9.47 Å². The smallest absolute Gasteiger partial charge is 0.302 e. The van der Waals surface area contributed by atoms with Crippen molar-refractivity contribution in [2.75, 3.05) is 13.2 Å². The molecule has 0 bridgehead atoms. The first-order valence-corrected chi connectivity index (χ1v) is 12.0. The van der Waals surface area contributed by atoms with Gasteiger partial charge in [-0.05, 0) is 24.7 Å². The highest BCUT2D eigenvalue weighted by atomic mass is 79.9. The number of carbonyl (C=O) groups excluding carboxylic acids is 4. The Hall–Kier alpha value is -1.50. The Morgan fingerprint density at radius 2 is 1.68 bits per heavy atom. The van der Waals surface area contributed by atoms with Crippen LogP contribution in [0.4, 0.5) is 0 Å². The summed E-state index contributed by atoms with van der Waals surface area (Å²) in [5.41, 5.74) is 0.182. The Labute approximate surface area is 192 Å². The van der Waals surface area contributed by atoms with Gasteiger partial charge in [-0.15, -0.1) is 0 Å². The van der Waals surface area contributed by atoms with Gasteiger partial charge in [0.1, 0.15) is 0 Å². The van der Waals surface area contributed by atoms with Crippen LogP contribution >= 0.6 is 15.9 Å². The van der Waals surface area contributed by atoms with Crippen molar-refractivity contribution in [2.45, 2.75) is 65.6 Å². The highest BCUT2D eigenvalue weighted by Crippen LogP contribution is 2.66. The Balaban J connectivity index is 2.16. The van der Waals surface area contributed by atoms with Gasteiger partial charge in [0.05, 0.1) is 18.0 Å². The van der Waals surface area contributed by atoms with Gasteiger partial charge in [0.2, 0.25) is 0 Å². The number of Topliss-reactive ketones (excluding diaryl/α,β-unsaturated/α-hetero) is 2. The first-order chi connectivity index (χ1) is 14.3. The second-order valence-electron chi connectivity index (χ2n) is 10.3. The lowest BCUT2D eigenvalue weighted by atomic mass is 9.53. The van der Waals surface area contributed by atoms with E-state index in [1.165, 1.54) is 13.8 Å². The Morgan fingerprint density at radius 1 is 1.06 bits per heavy atom. The molecule has 0 heterocycles.